The Labute approximate surface area is 74.1 Å². The number of methoxy groups -OCH3 is 1. The summed E-state index contributed by atoms with van der Waals surface area (Å²) in [4.78, 5) is 0. The average molecular weight is 195 g/mol. The summed E-state index contributed by atoms with van der Waals surface area (Å²) in [6.45, 7) is 0. The number of hydrogen-bond acceptors (Lipinski definition) is 3. The fourth-order valence-corrected chi connectivity index (χ4v) is 3.65. The van der Waals surface area contributed by atoms with Gasteiger partial charge in [-0.2, -0.15) is 4.31 Å². The van der Waals surface area contributed by atoms with Crippen LogP contribution in [0, 0.1) is 0 Å². The lowest BCUT2D eigenvalue weighted by Crippen LogP contribution is -2.26. The Bertz CT molecular complexity index is 161. The molecule has 0 aromatic carbocycles. The molecule has 0 aliphatic carbocycles. The summed E-state index contributed by atoms with van der Waals surface area (Å²) in [5.41, 5.74) is 0. The zero-order chi connectivity index (χ0) is 8.43. The Morgan fingerprint density at radius 3 is 2.64 bits per heavy atom. The summed E-state index contributed by atoms with van der Waals surface area (Å²) < 4.78 is 18.6. The van der Waals surface area contributed by atoms with Crippen LogP contribution in [0.2, 0.25) is 0 Å². The molecule has 11 heavy (non-hydrogen) atoms. The predicted octanol–water partition coefficient (Wildman–Crippen LogP) is 0.647. The average Bonchev–Trinajstić information content (AvgIpc) is 2.30. The van der Waals surface area contributed by atoms with Gasteiger partial charge in [-0.25, -0.2) is 4.21 Å². The maximum absolute atomic E-state index is 11.4. The van der Waals surface area contributed by atoms with Gasteiger partial charge in [-0.3, -0.25) is 0 Å². The van der Waals surface area contributed by atoms with Gasteiger partial charge in [-0.15, -0.1) is 11.8 Å². The van der Waals surface area contributed by atoms with Crippen LogP contribution >= 0.6 is 11.8 Å². The molecular formula is C6H13NO2S2. The highest BCUT2D eigenvalue weighted by atomic mass is 32.2. The first-order valence-corrected chi connectivity index (χ1v) is 5.85. The summed E-state index contributed by atoms with van der Waals surface area (Å²) in [6.07, 6.45) is 2.88. The monoisotopic (exact) mass is 195 g/mol. The summed E-state index contributed by atoms with van der Waals surface area (Å²) in [5, 5.41) is 0. The van der Waals surface area contributed by atoms with Gasteiger partial charge >= 0.3 is 0 Å². The molecule has 0 spiro atoms. The van der Waals surface area contributed by atoms with Crippen molar-refractivity contribution in [1.82, 2.24) is 4.31 Å². The maximum Gasteiger partial charge on any atom is 0.123 e. The number of ether oxygens (including phenoxy) is 1. The van der Waals surface area contributed by atoms with Crippen molar-refractivity contribution in [2.45, 2.75) is 17.2 Å². The SMILES string of the molecule is COC1CC(SC)S(=O)N1C. The van der Waals surface area contributed by atoms with E-state index in [4.69, 9.17) is 4.74 Å². The molecule has 1 rings (SSSR count). The van der Waals surface area contributed by atoms with E-state index in [1.807, 2.05) is 13.3 Å². The van der Waals surface area contributed by atoms with Crippen LogP contribution in [0.4, 0.5) is 0 Å². The maximum atomic E-state index is 11.4. The molecule has 1 aliphatic heterocycles. The molecular weight excluding hydrogens is 182 g/mol. The molecule has 1 fully saturated rings. The first-order valence-electron chi connectivity index (χ1n) is 3.39. The third-order valence-corrected chi connectivity index (χ3v) is 5.08. The Hall–Kier alpha value is 0.420. The lowest BCUT2D eigenvalue weighted by atomic mass is 10.4. The fraction of sp³-hybridized carbons (Fsp3) is 1.00. The van der Waals surface area contributed by atoms with E-state index in [0.29, 0.717) is 0 Å². The van der Waals surface area contributed by atoms with Crippen molar-refractivity contribution in [3.8, 4) is 0 Å². The molecule has 0 amide bonds. The van der Waals surface area contributed by atoms with E-state index in [1.165, 1.54) is 0 Å². The first-order chi connectivity index (χ1) is 5.20. The van der Waals surface area contributed by atoms with Crippen LogP contribution in [-0.2, 0) is 15.7 Å². The highest BCUT2D eigenvalue weighted by Crippen LogP contribution is 2.29. The van der Waals surface area contributed by atoms with E-state index < -0.39 is 11.0 Å². The second-order valence-corrected chi connectivity index (χ2v) is 5.45. The highest BCUT2D eigenvalue weighted by Gasteiger charge is 2.35. The van der Waals surface area contributed by atoms with Crippen LogP contribution in [-0.4, -0.2) is 39.7 Å². The molecule has 66 valence electrons. The third kappa shape index (κ3) is 1.77. The summed E-state index contributed by atoms with van der Waals surface area (Å²) in [5.74, 6) is 0. The number of hydrogen-bond donors (Lipinski definition) is 0. The van der Waals surface area contributed by atoms with Gasteiger partial charge in [0.1, 0.15) is 17.2 Å². The van der Waals surface area contributed by atoms with Crippen LogP contribution in [0.25, 0.3) is 0 Å². The topological polar surface area (TPSA) is 29.5 Å². The van der Waals surface area contributed by atoms with Crippen molar-refractivity contribution in [2.24, 2.45) is 0 Å². The minimum absolute atomic E-state index is 0.0354. The predicted molar refractivity (Wildman–Crippen MR) is 48.6 cm³/mol. The van der Waals surface area contributed by atoms with Crippen molar-refractivity contribution >= 4 is 22.7 Å². The second-order valence-electron chi connectivity index (χ2n) is 2.41. The third-order valence-electron chi connectivity index (χ3n) is 1.84. The number of nitrogens with zero attached hydrogens (tertiary/aromatic N) is 1. The van der Waals surface area contributed by atoms with Gasteiger partial charge < -0.3 is 4.74 Å². The number of thioether (sulfide) groups is 1. The molecule has 0 saturated carbocycles. The largest absolute Gasteiger partial charge is 0.365 e. The van der Waals surface area contributed by atoms with Crippen molar-refractivity contribution in [1.29, 1.82) is 0 Å². The summed E-state index contributed by atoms with van der Waals surface area (Å²) in [7, 11) is 2.62. The van der Waals surface area contributed by atoms with Crippen LogP contribution in [0.1, 0.15) is 6.42 Å². The Kier molecular flexibility index (Phi) is 3.36. The van der Waals surface area contributed by atoms with Gasteiger partial charge in [0.05, 0.1) is 4.58 Å². The highest BCUT2D eigenvalue weighted by molar-refractivity contribution is 8.10. The van der Waals surface area contributed by atoms with Crippen LogP contribution in [0.15, 0.2) is 0 Å². The van der Waals surface area contributed by atoms with E-state index in [0.717, 1.165) is 6.42 Å². The molecule has 0 radical (unpaired) electrons. The minimum atomic E-state index is -0.864. The number of rotatable bonds is 2. The van der Waals surface area contributed by atoms with Crippen LogP contribution in [0.5, 0.6) is 0 Å². The quantitative estimate of drug-likeness (QED) is 0.648. The standard InChI is InChI=1S/C6H13NO2S2/c1-7-5(9-2)4-6(10-3)11(7)8/h5-6H,4H2,1-3H3. The molecule has 3 atom stereocenters. The molecule has 5 heteroatoms. The van der Waals surface area contributed by atoms with Crippen molar-refractivity contribution in [2.75, 3.05) is 20.4 Å². The van der Waals surface area contributed by atoms with Crippen molar-refractivity contribution in [3.05, 3.63) is 0 Å². The molecule has 1 aliphatic rings. The summed E-state index contributed by atoms with van der Waals surface area (Å²) in [6, 6.07) is 0. The van der Waals surface area contributed by atoms with Gasteiger partial charge in [0.25, 0.3) is 0 Å². The Balaban J connectivity index is 2.61. The first kappa shape index (κ1) is 9.51. The van der Waals surface area contributed by atoms with Gasteiger partial charge in [0.15, 0.2) is 0 Å². The smallest absolute Gasteiger partial charge is 0.123 e. The Morgan fingerprint density at radius 1 is 1.73 bits per heavy atom. The van der Waals surface area contributed by atoms with Gasteiger partial charge in [0, 0.05) is 20.6 Å². The lowest BCUT2D eigenvalue weighted by molar-refractivity contribution is 0.0371. The van der Waals surface area contributed by atoms with E-state index in [-0.39, 0.29) is 10.8 Å². The molecule has 0 N–H and O–H groups in total. The van der Waals surface area contributed by atoms with Crippen molar-refractivity contribution in [3.63, 3.8) is 0 Å². The molecule has 1 heterocycles. The van der Waals surface area contributed by atoms with E-state index >= 15 is 0 Å². The van der Waals surface area contributed by atoms with Gasteiger partial charge in [0.2, 0.25) is 0 Å². The summed E-state index contributed by atoms with van der Waals surface area (Å²) >= 11 is 1.64. The molecule has 0 aromatic heterocycles. The zero-order valence-electron chi connectivity index (χ0n) is 6.94. The van der Waals surface area contributed by atoms with Crippen LogP contribution in [0.3, 0.4) is 0 Å². The van der Waals surface area contributed by atoms with Crippen molar-refractivity contribution < 1.29 is 8.95 Å². The van der Waals surface area contributed by atoms with E-state index in [1.54, 1.807) is 23.2 Å². The van der Waals surface area contributed by atoms with E-state index in [2.05, 4.69) is 0 Å². The molecule has 0 bridgehead atoms. The molecule has 0 aromatic rings. The minimum Gasteiger partial charge on any atom is -0.365 e. The second kappa shape index (κ2) is 3.89. The van der Waals surface area contributed by atoms with Crippen LogP contribution < -0.4 is 0 Å². The Morgan fingerprint density at radius 2 is 2.36 bits per heavy atom. The molecule has 3 unspecified atom stereocenters. The normalized spacial score (nSPS) is 39.7. The zero-order valence-corrected chi connectivity index (χ0v) is 8.58. The van der Waals surface area contributed by atoms with E-state index in [9.17, 15) is 4.21 Å². The van der Waals surface area contributed by atoms with Gasteiger partial charge in [-0.05, 0) is 6.26 Å². The molecule has 1 saturated heterocycles. The lowest BCUT2D eigenvalue weighted by Gasteiger charge is -2.14. The molecule has 3 nitrogen and oxygen atoms in total. The fourth-order valence-electron chi connectivity index (χ4n) is 1.12. The van der Waals surface area contributed by atoms with Gasteiger partial charge in [-0.1, -0.05) is 0 Å².